The predicted molar refractivity (Wildman–Crippen MR) is 85.0 cm³/mol. The van der Waals surface area contributed by atoms with E-state index >= 15 is 0 Å². The number of nitrogens with one attached hydrogen (secondary N) is 1. The molecule has 1 unspecified atom stereocenters. The zero-order chi connectivity index (χ0) is 15.2. The summed E-state index contributed by atoms with van der Waals surface area (Å²) < 4.78 is 12.8. The maximum absolute atomic E-state index is 12.8. The van der Waals surface area contributed by atoms with Crippen LogP contribution in [0.15, 0.2) is 53.4 Å². The Hall–Kier alpha value is -1.52. The van der Waals surface area contributed by atoms with Gasteiger partial charge in [0.2, 0.25) is 5.91 Å². The van der Waals surface area contributed by atoms with Crippen LogP contribution >= 0.6 is 23.4 Å². The Bertz CT molecular complexity index is 601. The fourth-order valence-electron chi connectivity index (χ4n) is 1.71. The molecular weight excluding hydrogens is 309 g/mol. The summed E-state index contributed by atoms with van der Waals surface area (Å²) in [5, 5.41) is 3.30. The molecule has 2 aromatic carbocycles. The van der Waals surface area contributed by atoms with Gasteiger partial charge in [0.15, 0.2) is 0 Å². The van der Waals surface area contributed by atoms with Crippen LogP contribution in [0.2, 0.25) is 5.02 Å². The Labute approximate surface area is 132 Å². The molecule has 2 aromatic rings. The summed E-state index contributed by atoms with van der Waals surface area (Å²) in [6.45, 7) is 2.24. The molecule has 2 nitrogen and oxygen atoms in total. The summed E-state index contributed by atoms with van der Waals surface area (Å²) in [5.74, 6) is -0.337. The van der Waals surface area contributed by atoms with Crippen LogP contribution in [0.1, 0.15) is 12.5 Å². The Morgan fingerprint density at radius 2 is 1.81 bits per heavy atom. The molecule has 110 valence electrons. The summed E-state index contributed by atoms with van der Waals surface area (Å²) >= 11 is 7.29. The summed E-state index contributed by atoms with van der Waals surface area (Å²) in [6.07, 6.45) is 0. The lowest BCUT2D eigenvalue weighted by molar-refractivity contribution is -0.120. The molecule has 0 aliphatic heterocycles. The third-order valence-corrected chi connectivity index (χ3v) is 4.24. The van der Waals surface area contributed by atoms with Crippen molar-refractivity contribution >= 4 is 29.3 Å². The van der Waals surface area contributed by atoms with Gasteiger partial charge in [0, 0.05) is 16.5 Å². The molecule has 0 radical (unpaired) electrons. The second kappa shape index (κ2) is 7.48. The van der Waals surface area contributed by atoms with Gasteiger partial charge in [-0.3, -0.25) is 4.79 Å². The van der Waals surface area contributed by atoms with Crippen molar-refractivity contribution in [2.45, 2.75) is 23.6 Å². The van der Waals surface area contributed by atoms with Gasteiger partial charge in [0.1, 0.15) is 5.82 Å². The zero-order valence-corrected chi connectivity index (χ0v) is 13.0. The molecule has 1 atom stereocenters. The van der Waals surface area contributed by atoms with E-state index in [-0.39, 0.29) is 17.0 Å². The van der Waals surface area contributed by atoms with Gasteiger partial charge < -0.3 is 5.32 Å². The monoisotopic (exact) mass is 323 g/mol. The van der Waals surface area contributed by atoms with Gasteiger partial charge in [0.25, 0.3) is 0 Å². The summed E-state index contributed by atoms with van der Waals surface area (Å²) in [4.78, 5) is 13.0. The molecule has 0 fully saturated rings. The topological polar surface area (TPSA) is 29.1 Å². The fraction of sp³-hybridized carbons (Fsp3) is 0.188. The molecule has 5 heteroatoms. The number of carbonyl (C=O) groups excluding carboxylic acids is 1. The van der Waals surface area contributed by atoms with E-state index in [0.717, 1.165) is 10.5 Å². The molecule has 1 amide bonds. The van der Waals surface area contributed by atoms with Crippen LogP contribution in [0.4, 0.5) is 4.39 Å². The van der Waals surface area contributed by atoms with Crippen LogP contribution in [-0.4, -0.2) is 11.2 Å². The zero-order valence-electron chi connectivity index (χ0n) is 11.5. The van der Waals surface area contributed by atoms with Gasteiger partial charge in [0.05, 0.1) is 5.25 Å². The minimum atomic E-state index is -0.281. The first-order valence-corrected chi connectivity index (χ1v) is 7.75. The third kappa shape index (κ3) is 5.06. The number of hydrogen-bond donors (Lipinski definition) is 1. The quantitative estimate of drug-likeness (QED) is 0.832. The van der Waals surface area contributed by atoms with Crippen LogP contribution in [0.5, 0.6) is 0 Å². The average Bonchev–Trinajstić information content (AvgIpc) is 2.48. The van der Waals surface area contributed by atoms with Crippen LogP contribution in [-0.2, 0) is 11.3 Å². The highest BCUT2D eigenvalue weighted by Crippen LogP contribution is 2.24. The van der Waals surface area contributed by atoms with Crippen molar-refractivity contribution in [3.05, 3.63) is 64.9 Å². The fourth-order valence-corrected chi connectivity index (χ4v) is 2.72. The summed E-state index contributed by atoms with van der Waals surface area (Å²) in [5.41, 5.74) is 0.869. The van der Waals surface area contributed by atoms with Crippen molar-refractivity contribution < 1.29 is 9.18 Å². The number of benzene rings is 2. The molecule has 0 aromatic heterocycles. The smallest absolute Gasteiger partial charge is 0.233 e. The Kier molecular flexibility index (Phi) is 5.65. The first-order chi connectivity index (χ1) is 10.0. The van der Waals surface area contributed by atoms with E-state index in [1.165, 1.54) is 23.9 Å². The van der Waals surface area contributed by atoms with Crippen LogP contribution < -0.4 is 5.32 Å². The molecule has 21 heavy (non-hydrogen) atoms. The molecule has 0 heterocycles. The highest BCUT2D eigenvalue weighted by atomic mass is 35.5. The second-order valence-electron chi connectivity index (χ2n) is 4.56. The molecule has 0 aliphatic rings. The summed E-state index contributed by atoms with van der Waals surface area (Å²) in [7, 11) is 0. The number of thioether (sulfide) groups is 1. The van der Waals surface area contributed by atoms with Crippen LogP contribution in [0.25, 0.3) is 0 Å². The van der Waals surface area contributed by atoms with Gasteiger partial charge in [-0.1, -0.05) is 23.7 Å². The van der Waals surface area contributed by atoms with Crippen molar-refractivity contribution in [3.63, 3.8) is 0 Å². The molecule has 0 spiro atoms. The van der Waals surface area contributed by atoms with E-state index in [0.29, 0.717) is 11.6 Å². The van der Waals surface area contributed by atoms with E-state index in [2.05, 4.69) is 5.32 Å². The number of hydrogen-bond acceptors (Lipinski definition) is 2. The SMILES string of the molecule is CC(Sc1ccc(Cl)cc1)C(=O)NCc1ccc(F)cc1. The van der Waals surface area contributed by atoms with Crippen molar-refractivity contribution in [1.82, 2.24) is 5.32 Å². The van der Waals surface area contributed by atoms with E-state index in [1.807, 2.05) is 19.1 Å². The van der Waals surface area contributed by atoms with Crippen LogP contribution in [0, 0.1) is 5.82 Å². The van der Waals surface area contributed by atoms with E-state index in [4.69, 9.17) is 11.6 Å². The molecule has 2 rings (SSSR count). The number of carbonyl (C=O) groups is 1. The largest absolute Gasteiger partial charge is 0.351 e. The molecule has 1 N–H and O–H groups in total. The molecule has 0 bridgehead atoms. The van der Waals surface area contributed by atoms with Crippen LogP contribution in [0.3, 0.4) is 0 Å². The minimum absolute atomic E-state index is 0.0562. The molecule has 0 saturated heterocycles. The lowest BCUT2D eigenvalue weighted by atomic mass is 10.2. The van der Waals surface area contributed by atoms with Crippen molar-refractivity contribution in [1.29, 1.82) is 0 Å². The van der Waals surface area contributed by atoms with E-state index < -0.39 is 0 Å². The van der Waals surface area contributed by atoms with Gasteiger partial charge >= 0.3 is 0 Å². The number of amides is 1. The lowest BCUT2D eigenvalue weighted by Gasteiger charge is -2.12. The maximum atomic E-state index is 12.8. The normalized spacial score (nSPS) is 12.0. The Balaban J connectivity index is 1.84. The number of rotatable bonds is 5. The van der Waals surface area contributed by atoms with Gasteiger partial charge in [-0.05, 0) is 48.9 Å². The predicted octanol–water partition coefficient (Wildman–Crippen LogP) is 4.28. The first kappa shape index (κ1) is 15.9. The van der Waals surface area contributed by atoms with Gasteiger partial charge in [-0.2, -0.15) is 0 Å². The standard InChI is InChI=1S/C16H15ClFNOS/c1-11(21-15-8-4-13(17)5-9-15)16(20)19-10-12-2-6-14(18)7-3-12/h2-9,11H,10H2,1H3,(H,19,20). The van der Waals surface area contributed by atoms with Crippen molar-refractivity contribution in [2.24, 2.45) is 0 Å². The first-order valence-electron chi connectivity index (χ1n) is 6.49. The third-order valence-electron chi connectivity index (χ3n) is 2.88. The maximum Gasteiger partial charge on any atom is 0.233 e. The van der Waals surface area contributed by atoms with Crippen molar-refractivity contribution in [2.75, 3.05) is 0 Å². The van der Waals surface area contributed by atoms with E-state index in [1.54, 1.807) is 24.3 Å². The highest BCUT2D eigenvalue weighted by molar-refractivity contribution is 8.00. The Morgan fingerprint density at radius 1 is 1.19 bits per heavy atom. The average molecular weight is 324 g/mol. The lowest BCUT2D eigenvalue weighted by Crippen LogP contribution is -2.30. The molecular formula is C16H15ClFNOS. The Morgan fingerprint density at radius 3 is 2.43 bits per heavy atom. The van der Waals surface area contributed by atoms with Gasteiger partial charge in [-0.15, -0.1) is 11.8 Å². The second-order valence-corrected chi connectivity index (χ2v) is 6.41. The molecule has 0 aliphatic carbocycles. The summed E-state index contributed by atoms with van der Waals surface area (Å²) in [6, 6.07) is 13.5. The van der Waals surface area contributed by atoms with E-state index in [9.17, 15) is 9.18 Å². The minimum Gasteiger partial charge on any atom is -0.351 e. The van der Waals surface area contributed by atoms with Crippen molar-refractivity contribution in [3.8, 4) is 0 Å². The molecule has 0 saturated carbocycles. The van der Waals surface area contributed by atoms with Gasteiger partial charge in [-0.25, -0.2) is 4.39 Å². The number of halogens is 2. The highest BCUT2D eigenvalue weighted by Gasteiger charge is 2.13.